The van der Waals surface area contributed by atoms with Crippen molar-refractivity contribution >= 4 is 69.9 Å². The molecule has 0 rings (SSSR count). The summed E-state index contributed by atoms with van der Waals surface area (Å²) in [5.74, 6) is 0. The van der Waals surface area contributed by atoms with Crippen molar-refractivity contribution in [2.45, 2.75) is 6.97 Å². The van der Waals surface area contributed by atoms with Gasteiger partial charge in [-0.2, -0.15) is 0 Å². The Hall–Kier alpha value is 1.19. The average Bonchev–Trinajstić information content (AvgIpc) is 2.00. The standard InChI is InChI=1S/C5H6Br4O3/c1-11-4(10)12-2-5(8,9)3(6)7/h3H,2H2,1H3. The molecule has 0 aromatic heterocycles. The largest absolute Gasteiger partial charge is 0.508 e. The number of hydrogen-bond donors (Lipinski definition) is 0. The fourth-order valence-corrected chi connectivity index (χ4v) is 0.770. The minimum atomic E-state index is -0.709. The quantitative estimate of drug-likeness (QED) is 0.506. The number of halogens is 4. The van der Waals surface area contributed by atoms with Crippen molar-refractivity contribution in [3.63, 3.8) is 0 Å². The molecule has 0 aliphatic carbocycles. The molecule has 0 aliphatic rings. The molecule has 12 heavy (non-hydrogen) atoms. The average molecular weight is 434 g/mol. The first-order chi connectivity index (χ1) is 5.40. The van der Waals surface area contributed by atoms with Crippen LogP contribution in [0.5, 0.6) is 0 Å². The molecule has 0 unspecified atom stereocenters. The van der Waals surface area contributed by atoms with Crippen molar-refractivity contribution < 1.29 is 14.3 Å². The van der Waals surface area contributed by atoms with Gasteiger partial charge in [0.1, 0.15) is 9.84 Å². The molecule has 0 radical (unpaired) electrons. The van der Waals surface area contributed by atoms with Gasteiger partial charge in [-0.3, -0.25) is 0 Å². The Labute approximate surface area is 104 Å². The molecular formula is C5H6Br4O3. The highest BCUT2D eigenvalue weighted by molar-refractivity contribution is 9.30. The van der Waals surface area contributed by atoms with Crippen LogP contribution in [-0.2, 0) is 9.47 Å². The third kappa shape index (κ3) is 5.04. The van der Waals surface area contributed by atoms with Crippen LogP contribution in [0.1, 0.15) is 0 Å². The molecule has 0 N–H and O–H groups in total. The van der Waals surface area contributed by atoms with E-state index in [9.17, 15) is 4.79 Å². The first-order valence-corrected chi connectivity index (χ1v) is 6.18. The maximum atomic E-state index is 10.6. The van der Waals surface area contributed by atoms with Crippen LogP contribution in [-0.4, -0.2) is 26.8 Å². The zero-order valence-electron chi connectivity index (χ0n) is 6.02. The fraction of sp³-hybridized carbons (Fsp3) is 0.800. The molecule has 3 nitrogen and oxygen atoms in total. The molecule has 0 atom stereocenters. The lowest BCUT2D eigenvalue weighted by atomic mass is 10.5. The lowest BCUT2D eigenvalue weighted by Crippen LogP contribution is -2.28. The van der Waals surface area contributed by atoms with E-state index in [1.165, 1.54) is 7.11 Å². The van der Waals surface area contributed by atoms with E-state index in [4.69, 9.17) is 4.74 Å². The van der Waals surface area contributed by atoms with Crippen LogP contribution in [0.15, 0.2) is 0 Å². The molecule has 7 heteroatoms. The first-order valence-electron chi connectivity index (χ1n) is 2.77. The van der Waals surface area contributed by atoms with Crippen LogP contribution in [0.25, 0.3) is 0 Å². The van der Waals surface area contributed by atoms with E-state index < -0.39 is 9.39 Å². The molecule has 0 bridgehead atoms. The van der Waals surface area contributed by atoms with Gasteiger partial charge in [0, 0.05) is 0 Å². The summed E-state index contributed by atoms with van der Waals surface area (Å²) in [6, 6.07) is 0. The first kappa shape index (κ1) is 13.2. The van der Waals surface area contributed by atoms with Gasteiger partial charge in [-0.05, 0) is 0 Å². The van der Waals surface area contributed by atoms with Crippen molar-refractivity contribution in [1.82, 2.24) is 0 Å². The van der Waals surface area contributed by atoms with Crippen LogP contribution in [0.3, 0.4) is 0 Å². The summed E-state index contributed by atoms with van der Waals surface area (Å²) in [7, 11) is 1.26. The third-order valence-electron chi connectivity index (χ3n) is 0.868. The van der Waals surface area contributed by atoms with Gasteiger partial charge >= 0.3 is 6.16 Å². The van der Waals surface area contributed by atoms with Crippen LogP contribution >= 0.6 is 63.7 Å². The molecule has 0 aromatic rings. The summed E-state index contributed by atoms with van der Waals surface area (Å²) < 4.78 is 8.39. The number of rotatable bonds is 3. The van der Waals surface area contributed by atoms with Crippen molar-refractivity contribution in [1.29, 1.82) is 0 Å². The molecule has 0 spiro atoms. The highest BCUT2D eigenvalue weighted by Crippen LogP contribution is 2.38. The molecular weight excluding hydrogens is 428 g/mol. The molecule has 72 valence electrons. The van der Waals surface area contributed by atoms with Crippen molar-refractivity contribution in [2.24, 2.45) is 0 Å². The van der Waals surface area contributed by atoms with Crippen molar-refractivity contribution in [3.8, 4) is 0 Å². The van der Waals surface area contributed by atoms with Gasteiger partial charge < -0.3 is 9.47 Å². The van der Waals surface area contributed by atoms with Crippen LogP contribution < -0.4 is 0 Å². The predicted octanol–water partition coefficient (Wildman–Crippen LogP) is 3.37. The molecule has 0 saturated heterocycles. The van der Waals surface area contributed by atoms with Gasteiger partial charge in [0.15, 0.2) is 0 Å². The van der Waals surface area contributed by atoms with E-state index in [0.717, 1.165) is 0 Å². The van der Waals surface area contributed by atoms with Gasteiger partial charge in [0.05, 0.1) is 10.8 Å². The summed E-state index contributed by atoms with van der Waals surface area (Å²) in [5.41, 5.74) is 0. The molecule has 0 saturated carbocycles. The Morgan fingerprint density at radius 3 is 2.33 bits per heavy atom. The SMILES string of the molecule is COC(=O)OCC(Br)(Br)C(Br)Br. The maximum Gasteiger partial charge on any atom is 0.508 e. The van der Waals surface area contributed by atoms with Crippen molar-refractivity contribution in [2.75, 3.05) is 13.7 Å². The number of hydrogen-bond acceptors (Lipinski definition) is 3. The molecule has 0 aliphatic heterocycles. The summed E-state index contributed by atoms with van der Waals surface area (Å²) in [6.07, 6.45) is -0.709. The second-order valence-electron chi connectivity index (χ2n) is 1.80. The van der Waals surface area contributed by atoms with Crippen LogP contribution in [0, 0.1) is 0 Å². The number of carbonyl (C=O) groups excluding carboxylic acids is 1. The van der Waals surface area contributed by atoms with Gasteiger partial charge in [0.2, 0.25) is 0 Å². The number of carbonyl (C=O) groups is 1. The van der Waals surface area contributed by atoms with Gasteiger partial charge in [-0.1, -0.05) is 63.7 Å². The Kier molecular flexibility index (Phi) is 6.40. The van der Waals surface area contributed by atoms with Crippen molar-refractivity contribution in [3.05, 3.63) is 0 Å². The Morgan fingerprint density at radius 2 is 2.00 bits per heavy atom. The molecule has 0 fully saturated rings. The second-order valence-corrected chi connectivity index (χ2v) is 8.76. The zero-order valence-corrected chi connectivity index (χ0v) is 12.4. The van der Waals surface area contributed by atoms with E-state index in [1.807, 2.05) is 0 Å². The minimum absolute atomic E-state index is 0.0674. The molecule has 0 amide bonds. The monoisotopic (exact) mass is 430 g/mol. The van der Waals surface area contributed by atoms with E-state index in [-0.39, 0.29) is 10.3 Å². The number of alkyl halides is 4. The fourth-order valence-electron chi connectivity index (χ4n) is 0.277. The Morgan fingerprint density at radius 1 is 1.50 bits per heavy atom. The maximum absolute atomic E-state index is 10.6. The summed E-state index contributed by atoms with van der Waals surface area (Å²) in [4.78, 5) is 10.6. The number of methoxy groups -OCH3 is 1. The third-order valence-corrected chi connectivity index (χ3v) is 6.26. The van der Waals surface area contributed by atoms with E-state index in [2.05, 4.69) is 68.5 Å². The highest BCUT2D eigenvalue weighted by Gasteiger charge is 2.31. The normalized spacial score (nSPS) is 11.5. The Balaban J connectivity index is 3.83. The summed E-state index contributed by atoms with van der Waals surface area (Å²) >= 11 is 13.1. The Bertz CT molecular complexity index is 159. The summed E-state index contributed by atoms with van der Waals surface area (Å²) in [6.45, 7) is 0.140. The smallest absolute Gasteiger partial charge is 0.438 e. The van der Waals surface area contributed by atoms with Gasteiger partial charge in [-0.25, -0.2) is 4.79 Å². The lowest BCUT2D eigenvalue weighted by Gasteiger charge is -2.20. The highest BCUT2D eigenvalue weighted by atomic mass is 79.9. The topological polar surface area (TPSA) is 35.5 Å². The summed E-state index contributed by atoms with van der Waals surface area (Å²) in [5, 5.41) is 0. The second kappa shape index (κ2) is 5.82. The predicted molar refractivity (Wildman–Crippen MR) is 60.6 cm³/mol. The van der Waals surface area contributed by atoms with E-state index >= 15 is 0 Å². The van der Waals surface area contributed by atoms with Gasteiger partial charge in [-0.15, -0.1) is 0 Å². The van der Waals surface area contributed by atoms with Gasteiger partial charge in [0.25, 0.3) is 0 Å². The van der Waals surface area contributed by atoms with Crippen LogP contribution in [0.2, 0.25) is 0 Å². The molecule has 0 aromatic carbocycles. The minimum Gasteiger partial charge on any atom is -0.438 e. The van der Waals surface area contributed by atoms with E-state index in [1.54, 1.807) is 0 Å². The zero-order chi connectivity index (χ0) is 9.78. The van der Waals surface area contributed by atoms with Crippen LogP contribution in [0.4, 0.5) is 4.79 Å². The molecule has 0 heterocycles. The lowest BCUT2D eigenvalue weighted by molar-refractivity contribution is 0.0728. The van der Waals surface area contributed by atoms with E-state index in [0.29, 0.717) is 0 Å². The number of ether oxygens (including phenoxy) is 2.